The van der Waals surface area contributed by atoms with E-state index >= 15 is 0 Å². The van der Waals surface area contributed by atoms with Crippen LogP contribution < -0.4 is 5.73 Å². The van der Waals surface area contributed by atoms with E-state index in [4.69, 9.17) is 10.3 Å². The first-order valence-electron chi connectivity index (χ1n) is 1.71. The predicted molar refractivity (Wildman–Crippen MR) is 29.1 cm³/mol. The third-order valence-electron chi connectivity index (χ3n) is 0.376. The van der Waals surface area contributed by atoms with Gasteiger partial charge in [0, 0.05) is 6.54 Å². The highest BCUT2D eigenvalue weighted by Gasteiger charge is 1.98. The predicted octanol–water partition coefficient (Wildman–Crippen LogP) is -1.99. The lowest BCUT2D eigenvalue weighted by molar-refractivity contribution is 0.483. The van der Waals surface area contributed by atoms with Gasteiger partial charge in [-0.1, -0.05) is 0 Å². The normalized spacial score (nSPS) is 10.2. The van der Waals surface area contributed by atoms with Gasteiger partial charge in [0.15, 0.2) is 0 Å². The van der Waals surface area contributed by atoms with Gasteiger partial charge in [0.2, 0.25) is 0 Å². The Labute approximate surface area is 47.6 Å². The molecule has 8 heavy (non-hydrogen) atoms. The van der Waals surface area contributed by atoms with Crippen molar-refractivity contribution < 1.29 is 18.4 Å². The second-order valence-electron chi connectivity index (χ2n) is 1.07. The Kier molecular flexibility index (Phi) is 5.09. The summed E-state index contributed by atoms with van der Waals surface area (Å²) in [5.74, 6) is -0.354. The van der Waals surface area contributed by atoms with Gasteiger partial charge in [0.25, 0.3) is 10.1 Å². The van der Waals surface area contributed by atoms with E-state index < -0.39 is 10.1 Å². The van der Waals surface area contributed by atoms with Crippen molar-refractivity contribution in [1.82, 2.24) is 0 Å². The van der Waals surface area contributed by atoms with Crippen LogP contribution in [0, 0.1) is 0 Å². The molecule has 0 spiro atoms. The monoisotopic (exact) mass is 143 g/mol. The van der Waals surface area contributed by atoms with Crippen molar-refractivity contribution in [2.45, 2.75) is 0 Å². The summed E-state index contributed by atoms with van der Waals surface area (Å²) in [5.41, 5.74) is 4.78. The van der Waals surface area contributed by atoms with Crippen molar-refractivity contribution in [1.29, 1.82) is 0 Å². The molecule has 0 aliphatic rings. The molecule has 0 aromatic heterocycles. The molecule has 0 saturated heterocycles. The summed E-state index contributed by atoms with van der Waals surface area (Å²) >= 11 is 0. The lowest BCUT2D eigenvalue weighted by atomic mass is 10.8. The number of hydrogen-bond acceptors (Lipinski definition) is 3. The van der Waals surface area contributed by atoms with Gasteiger partial charge >= 0.3 is 0 Å². The van der Waals surface area contributed by atoms with Gasteiger partial charge in [-0.05, 0) is 0 Å². The largest absolute Gasteiger partial charge is 0.412 e. The van der Waals surface area contributed by atoms with E-state index in [9.17, 15) is 8.42 Å². The van der Waals surface area contributed by atoms with Crippen LogP contribution >= 0.6 is 0 Å². The molecule has 0 aromatic rings. The van der Waals surface area contributed by atoms with Gasteiger partial charge in [-0.25, -0.2) is 0 Å². The first kappa shape index (κ1) is 10.7. The Bertz CT molecular complexity index is 127. The van der Waals surface area contributed by atoms with Crippen LogP contribution in [0.15, 0.2) is 0 Å². The summed E-state index contributed by atoms with van der Waals surface area (Å²) in [4.78, 5) is 0. The molecule has 5 nitrogen and oxygen atoms in total. The summed E-state index contributed by atoms with van der Waals surface area (Å²) in [5, 5.41) is 0. The summed E-state index contributed by atoms with van der Waals surface area (Å²) in [6, 6.07) is 0. The zero-order chi connectivity index (χ0) is 5.91. The number of hydrogen-bond donors (Lipinski definition) is 2. The van der Waals surface area contributed by atoms with Crippen LogP contribution in [-0.2, 0) is 10.1 Å². The summed E-state index contributed by atoms with van der Waals surface area (Å²) < 4.78 is 27.3. The maximum absolute atomic E-state index is 9.71. The average Bonchev–Trinajstić information content (AvgIpc) is 1.30. The fraction of sp³-hybridized carbons (Fsp3) is 1.00. The van der Waals surface area contributed by atoms with E-state index in [0.29, 0.717) is 0 Å². The second-order valence-corrected chi connectivity index (χ2v) is 2.65. The molecule has 0 aromatic carbocycles. The highest BCUT2D eigenvalue weighted by Crippen LogP contribution is 1.74. The molecule has 0 fully saturated rings. The molecule has 0 amide bonds. The highest BCUT2D eigenvalue weighted by atomic mass is 32.2. The van der Waals surface area contributed by atoms with Crippen LogP contribution in [-0.4, -0.2) is 30.7 Å². The van der Waals surface area contributed by atoms with Gasteiger partial charge in [-0.3, -0.25) is 4.55 Å². The molecule has 0 unspecified atom stereocenters. The minimum Gasteiger partial charge on any atom is -0.412 e. The zero-order valence-electron chi connectivity index (χ0n) is 4.16. The minimum atomic E-state index is -3.80. The molecule has 0 atom stereocenters. The topological polar surface area (TPSA) is 112 Å². The lowest BCUT2D eigenvalue weighted by Gasteiger charge is -1.86. The van der Waals surface area contributed by atoms with Crippen LogP contribution in [0.1, 0.15) is 0 Å². The molecule has 52 valence electrons. The Balaban J connectivity index is 0. The number of rotatable bonds is 2. The molecule has 0 bridgehead atoms. The summed E-state index contributed by atoms with van der Waals surface area (Å²) in [6.45, 7) is -0.0289. The van der Waals surface area contributed by atoms with Crippen LogP contribution in [0.2, 0.25) is 0 Å². The molecule has 5 N–H and O–H groups in total. The van der Waals surface area contributed by atoms with Gasteiger partial charge in [-0.2, -0.15) is 8.42 Å². The molecule has 0 radical (unpaired) electrons. The van der Waals surface area contributed by atoms with Crippen molar-refractivity contribution in [2.24, 2.45) is 5.73 Å². The minimum absolute atomic E-state index is 0. The highest BCUT2D eigenvalue weighted by molar-refractivity contribution is 7.85. The molecule has 0 saturated carbocycles. The molecule has 0 rings (SSSR count). The Morgan fingerprint density at radius 3 is 1.88 bits per heavy atom. The maximum Gasteiger partial charge on any atom is 0.266 e. The number of nitrogens with two attached hydrogens (primary N) is 1. The van der Waals surface area contributed by atoms with Crippen LogP contribution in [0.3, 0.4) is 0 Å². The Morgan fingerprint density at radius 2 is 1.88 bits per heavy atom. The molecular formula is C2H9NO4S. The zero-order valence-corrected chi connectivity index (χ0v) is 4.98. The Morgan fingerprint density at radius 1 is 1.50 bits per heavy atom. The van der Waals surface area contributed by atoms with Crippen molar-refractivity contribution in [2.75, 3.05) is 12.3 Å². The van der Waals surface area contributed by atoms with Crippen molar-refractivity contribution >= 4 is 10.1 Å². The van der Waals surface area contributed by atoms with Gasteiger partial charge in [-0.15, -0.1) is 0 Å². The van der Waals surface area contributed by atoms with Crippen molar-refractivity contribution in [3.8, 4) is 0 Å². The van der Waals surface area contributed by atoms with E-state index in [2.05, 4.69) is 0 Å². The lowest BCUT2D eigenvalue weighted by Crippen LogP contribution is -2.13. The standard InChI is InChI=1S/C2H7NO3S.H2O/c3-1-2-7(4,5)6;/h1-3H2,(H,4,5,6);1H2. The van der Waals surface area contributed by atoms with E-state index in [-0.39, 0.29) is 17.8 Å². The van der Waals surface area contributed by atoms with Crippen molar-refractivity contribution in [3.05, 3.63) is 0 Å². The molecular weight excluding hydrogens is 134 g/mol. The average molecular weight is 143 g/mol. The first-order chi connectivity index (χ1) is 3.06. The molecule has 0 heterocycles. The van der Waals surface area contributed by atoms with E-state index in [1.165, 1.54) is 0 Å². The fourth-order valence-corrected chi connectivity index (χ4v) is 0.447. The van der Waals surface area contributed by atoms with Crippen LogP contribution in [0.25, 0.3) is 0 Å². The summed E-state index contributed by atoms with van der Waals surface area (Å²) in [7, 11) is -3.80. The first-order valence-corrected chi connectivity index (χ1v) is 3.32. The molecule has 6 heteroatoms. The van der Waals surface area contributed by atoms with Gasteiger partial charge in [0.1, 0.15) is 0 Å². The van der Waals surface area contributed by atoms with Crippen molar-refractivity contribution in [3.63, 3.8) is 0 Å². The third-order valence-corrected chi connectivity index (χ3v) is 1.13. The molecule has 0 aliphatic carbocycles. The quantitative estimate of drug-likeness (QED) is 0.435. The third kappa shape index (κ3) is 9.27. The van der Waals surface area contributed by atoms with E-state index in [1.807, 2.05) is 0 Å². The SMILES string of the molecule is NCCS(=O)(=O)O.O. The summed E-state index contributed by atoms with van der Waals surface area (Å²) in [6.07, 6.45) is 0. The maximum atomic E-state index is 9.71. The second kappa shape index (κ2) is 3.79. The van der Waals surface area contributed by atoms with Crippen LogP contribution in [0.5, 0.6) is 0 Å². The van der Waals surface area contributed by atoms with Gasteiger partial charge in [0.05, 0.1) is 5.75 Å². The van der Waals surface area contributed by atoms with Crippen LogP contribution in [0.4, 0.5) is 0 Å². The van der Waals surface area contributed by atoms with E-state index in [1.54, 1.807) is 0 Å². The molecule has 0 aliphatic heterocycles. The smallest absolute Gasteiger partial charge is 0.266 e. The fourth-order valence-electron chi connectivity index (χ4n) is 0.149. The van der Waals surface area contributed by atoms with Gasteiger partial charge < -0.3 is 11.2 Å². The Hall–Kier alpha value is -0.170. The van der Waals surface area contributed by atoms with E-state index in [0.717, 1.165) is 0 Å².